The van der Waals surface area contributed by atoms with Gasteiger partial charge in [0, 0.05) is 22.9 Å². The van der Waals surface area contributed by atoms with E-state index in [2.05, 4.69) is 20.6 Å². The molecule has 0 saturated heterocycles. The molecule has 26 heavy (non-hydrogen) atoms. The quantitative estimate of drug-likeness (QED) is 0.718. The van der Waals surface area contributed by atoms with Crippen molar-refractivity contribution < 1.29 is 9.18 Å². The standard InChI is InChI=1S/C17H12Cl2FN5O/c1-8-16-11(10-3-2-9(20)6-12(10)18)7-15(26)21-17(16)25(24-8)14-5-4-13(19)22-23-14/h2-6,11H,7H2,1H3,(H,21,26). The molecule has 0 spiro atoms. The molecule has 3 heterocycles. The second-order valence-corrected chi connectivity index (χ2v) is 6.74. The molecule has 1 N–H and O–H groups in total. The SMILES string of the molecule is Cc1nn(-c2ccc(Cl)nn2)c2c1C(c1ccc(F)cc1Cl)CC(=O)N2. The van der Waals surface area contributed by atoms with Crippen molar-refractivity contribution in [3.8, 4) is 5.82 Å². The lowest BCUT2D eigenvalue weighted by Gasteiger charge is -2.25. The lowest BCUT2D eigenvalue weighted by atomic mass is 9.86. The van der Waals surface area contributed by atoms with Crippen LogP contribution in [0.4, 0.5) is 10.2 Å². The number of hydrogen-bond donors (Lipinski definition) is 1. The highest BCUT2D eigenvalue weighted by Crippen LogP contribution is 2.42. The summed E-state index contributed by atoms with van der Waals surface area (Å²) in [4.78, 5) is 12.3. The van der Waals surface area contributed by atoms with Crippen LogP contribution in [0, 0.1) is 12.7 Å². The molecule has 4 rings (SSSR count). The molecule has 1 aliphatic rings. The first-order chi connectivity index (χ1) is 12.4. The minimum absolute atomic E-state index is 0.189. The van der Waals surface area contributed by atoms with Crippen molar-refractivity contribution in [2.24, 2.45) is 0 Å². The lowest BCUT2D eigenvalue weighted by Crippen LogP contribution is -2.25. The zero-order valence-corrected chi connectivity index (χ0v) is 15.0. The number of nitrogens with zero attached hydrogens (tertiary/aromatic N) is 4. The maximum atomic E-state index is 13.4. The summed E-state index contributed by atoms with van der Waals surface area (Å²) in [6.07, 6.45) is 0.192. The Kier molecular flexibility index (Phi) is 4.13. The van der Waals surface area contributed by atoms with Gasteiger partial charge >= 0.3 is 0 Å². The van der Waals surface area contributed by atoms with Crippen LogP contribution in [0.15, 0.2) is 30.3 Å². The van der Waals surface area contributed by atoms with E-state index in [1.165, 1.54) is 16.8 Å². The average molecular weight is 392 g/mol. The maximum absolute atomic E-state index is 13.4. The van der Waals surface area contributed by atoms with Crippen LogP contribution in [0.2, 0.25) is 10.2 Å². The highest BCUT2D eigenvalue weighted by Gasteiger charge is 2.34. The average Bonchev–Trinajstić information content (AvgIpc) is 2.91. The van der Waals surface area contributed by atoms with E-state index < -0.39 is 5.82 Å². The van der Waals surface area contributed by atoms with E-state index in [4.69, 9.17) is 23.2 Å². The molecule has 1 atom stereocenters. The fourth-order valence-electron chi connectivity index (χ4n) is 3.18. The molecule has 0 bridgehead atoms. The minimum atomic E-state index is -0.428. The van der Waals surface area contributed by atoms with E-state index in [9.17, 15) is 9.18 Å². The number of aromatic nitrogens is 4. The van der Waals surface area contributed by atoms with Crippen molar-refractivity contribution in [3.05, 3.63) is 63.1 Å². The molecule has 0 aliphatic carbocycles. The zero-order chi connectivity index (χ0) is 18.4. The van der Waals surface area contributed by atoms with Crippen molar-refractivity contribution in [1.29, 1.82) is 0 Å². The maximum Gasteiger partial charge on any atom is 0.226 e. The van der Waals surface area contributed by atoms with Crippen molar-refractivity contribution in [1.82, 2.24) is 20.0 Å². The predicted octanol–water partition coefficient (Wildman–Crippen LogP) is 3.89. The Labute approximate surface area is 157 Å². The van der Waals surface area contributed by atoms with Crippen LogP contribution in [-0.2, 0) is 4.79 Å². The molecular weight excluding hydrogens is 380 g/mol. The van der Waals surface area contributed by atoms with E-state index in [0.29, 0.717) is 22.9 Å². The van der Waals surface area contributed by atoms with E-state index in [1.807, 2.05) is 6.92 Å². The molecule has 0 saturated carbocycles. The van der Waals surface area contributed by atoms with Crippen molar-refractivity contribution >= 4 is 34.9 Å². The number of fused-ring (bicyclic) bond motifs is 1. The summed E-state index contributed by atoms with van der Waals surface area (Å²) in [6.45, 7) is 1.83. The van der Waals surface area contributed by atoms with Crippen LogP contribution in [0.5, 0.6) is 0 Å². The number of benzene rings is 1. The Morgan fingerprint density at radius 1 is 1.23 bits per heavy atom. The Hall–Kier alpha value is -2.51. The monoisotopic (exact) mass is 391 g/mol. The van der Waals surface area contributed by atoms with Gasteiger partial charge < -0.3 is 5.32 Å². The fraction of sp³-hybridized carbons (Fsp3) is 0.176. The summed E-state index contributed by atoms with van der Waals surface area (Å²) in [5.41, 5.74) is 2.20. The summed E-state index contributed by atoms with van der Waals surface area (Å²) in [5, 5.41) is 15.7. The van der Waals surface area contributed by atoms with E-state index in [-0.39, 0.29) is 28.4 Å². The Balaban J connectivity index is 1.88. The minimum Gasteiger partial charge on any atom is -0.310 e. The summed E-state index contributed by atoms with van der Waals surface area (Å²) in [5.74, 6) is -0.0272. The molecule has 1 unspecified atom stereocenters. The number of halogens is 3. The molecule has 1 aromatic carbocycles. The zero-order valence-electron chi connectivity index (χ0n) is 13.5. The molecule has 9 heteroatoms. The number of amides is 1. The van der Waals surface area contributed by atoms with E-state index in [0.717, 1.165) is 5.56 Å². The van der Waals surface area contributed by atoms with Gasteiger partial charge in [0.1, 0.15) is 11.6 Å². The van der Waals surface area contributed by atoms with Gasteiger partial charge in [0.05, 0.1) is 5.69 Å². The third-order valence-electron chi connectivity index (χ3n) is 4.28. The second kappa shape index (κ2) is 6.34. The van der Waals surface area contributed by atoms with Crippen molar-refractivity contribution in [2.75, 3.05) is 5.32 Å². The summed E-state index contributed by atoms with van der Waals surface area (Å²) in [7, 11) is 0. The first kappa shape index (κ1) is 16.9. The van der Waals surface area contributed by atoms with Gasteiger partial charge in [-0.05, 0) is 36.8 Å². The number of hydrogen-bond acceptors (Lipinski definition) is 4. The Bertz CT molecular complexity index is 1020. The van der Waals surface area contributed by atoms with Gasteiger partial charge in [0.25, 0.3) is 0 Å². The molecular formula is C17H12Cl2FN5O. The third kappa shape index (κ3) is 2.83. The summed E-state index contributed by atoms with van der Waals surface area (Å²) in [6, 6.07) is 7.42. The fourth-order valence-corrected chi connectivity index (χ4v) is 3.58. The van der Waals surface area contributed by atoms with Crippen molar-refractivity contribution in [3.63, 3.8) is 0 Å². The van der Waals surface area contributed by atoms with E-state index in [1.54, 1.807) is 18.2 Å². The van der Waals surface area contributed by atoms with Gasteiger partial charge in [0.15, 0.2) is 11.0 Å². The molecule has 6 nitrogen and oxygen atoms in total. The van der Waals surface area contributed by atoms with Crippen LogP contribution >= 0.6 is 23.2 Å². The lowest BCUT2D eigenvalue weighted by molar-refractivity contribution is -0.116. The molecule has 1 aliphatic heterocycles. The van der Waals surface area contributed by atoms with Crippen LogP contribution in [0.1, 0.15) is 29.2 Å². The third-order valence-corrected chi connectivity index (χ3v) is 4.80. The molecule has 0 radical (unpaired) electrons. The number of aryl methyl sites for hydroxylation is 1. The van der Waals surface area contributed by atoms with Crippen LogP contribution in [-0.4, -0.2) is 25.9 Å². The van der Waals surface area contributed by atoms with Crippen LogP contribution in [0.25, 0.3) is 5.82 Å². The molecule has 2 aromatic heterocycles. The number of carbonyl (C=O) groups excluding carboxylic acids is 1. The Morgan fingerprint density at radius 2 is 2.04 bits per heavy atom. The van der Waals surface area contributed by atoms with Crippen molar-refractivity contribution in [2.45, 2.75) is 19.3 Å². The molecule has 132 valence electrons. The van der Waals surface area contributed by atoms with Gasteiger partial charge in [-0.15, -0.1) is 10.2 Å². The largest absolute Gasteiger partial charge is 0.310 e. The molecule has 3 aromatic rings. The Morgan fingerprint density at radius 3 is 2.73 bits per heavy atom. The number of nitrogens with one attached hydrogen (secondary N) is 1. The number of anilines is 1. The predicted molar refractivity (Wildman–Crippen MR) is 95.4 cm³/mol. The first-order valence-corrected chi connectivity index (χ1v) is 8.53. The summed E-state index contributed by atoms with van der Waals surface area (Å²) < 4.78 is 14.9. The van der Waals surface area contributed by atoms with Crippen LogP contribution in [0.3, 0.4) is 0 Å². The topological polar surface area (TPSA) is 72.7 Å². The van der Waals surface area contributed by atoms with Gasteiger partial charge in [-0.2, -0.15) is 9.78 Å². The summed E-state index contributed by atoms with van der Waals surface area (Å²) >= 11 is 12.0. The highest BCUT2D eigenvalue weighted by atomic mass is 35.5. The normalized spacial score (nSPS) is 16.3. The highest BCUT2D eigenvalue weighted by molar-refractivity contribution is 6.31. The molecule has 0 fully saturated rings. The first-order valence-electron chi connectivity index (χ1n) is 7.78. The molecule has 1 amide bonds. The van der Waals surface area contributed by atoms with Crippen LogP contribution < -0.4 is 5.32 Å². The number of carbonyl (C=O) groups is 1. The van der Waals surface area contributed by atoms with Gasteiger partial charge in [0.2, 0.25) is 5.91 Å². The smallest absolute Gasteiger partial charge is 0.226 e. The van der Waals surface area contributed by atoms with E-state index >= 15 is 0 Å². The van der Waals surface area contributed by atoms with Gasteiger partial charge in [-0.3, -0.25) is 4.79 Å². The van der Waals surface area contributed by atoms with Gasteiger partial charge in [-0.1, -0.05) is 29.3 Å². The second-order valence-electron chi connectivity index (χ2n) is 5.94. The van der Waals surface area contributed by atoms with Gasteiger partial charge in [-0.25, -0.2) is 4.39 Å². The number of rotatable bonds is 2.